The zero-order valence-corrected chi connectivity index (χ0v) is 13.9. The summed E-state index contributed by atoms with van der Waals surface area (Å²) >= 11 is 6.02. The Morgan fingerprint density at radius 2 is 1.83 bits per heavy atom. The second-order valence-electron chi connectivity index (χ2n) is 4.93. The number of hydrogen-bond acceptors (Lipinski definition) is 5. The Kier molecular flexibility index (Phi) is 5.13. The third-order valence-corrected chi connectivity index (χ3v) is 3.59. The van der Waals surface area contributed by atoms with Crippen LogP contribution in [0.4, 0.5) is 11.8 Å². The molecule has 0 spiro atoms. The summed E-state index contributed by atoms with van der Waals surface area (Å²) in [5.41, 5.74) is 13.2. The molecule has 5 nitrogen and oxygen atoms in total. The minimum Gasteiger partial charge on any atom is -0.485 e. The quantitative estimate of drug-likeness (QED) is 0.744. The lowest BCUT2D eigenvalue weighted by Gasteiger charge is -2.17. The van der Waals surface area contributed by atoms with Crippen LogP contribution in [0.25, 0.3) is 10.9 Å². The third kappa shape index (κ3) is 3.57. The number of hydrogen-bond donors (Lipinski definition) is 2. The van der Waals surface area contributed by atoms with Crippen molar-refractivity contribution in [3.63, 3.8) is 0 Å². The molecular weight excluding hydrogens is 335 g/mol. The summed E-state index contributed by atoms with van der Waals surface area (Å²) in [7, 11) is 0. The van der Waals surface area contributed by atoms with Gasteiger partial charge in [0.2, 0.25) is 5.95 Å². The molecule has 0 aliphatic heterocycles. The van der Waals surface area contributed by atoms with E-state index in [2.05, 4.69) is 9.97 Å². The average Bonchev–Trinajstić information content (AvgIpc) is 2.46. The first kappa shape index (κ1) is 17.1. The molecule has 7 heteroatoms. The van der Waals surface area contributed by atoms with Gasteiger partial charge in [0.15, 0.2) is 0 Å². The first-order valence-electron chi connectivity index (χ1n) is 6.78. The highest BCUT2D eigenvalue weighted by atomic mass is 35.5. The Balaban J connectivity index is 0.00000192. The van der Waals surface area contributed by atoms with Crippen molar-refractivity contribution < 1.29 is 4.74 Å². The fourth-order valence-electron chi connectivity index (χ4n) is 2.31. The van der Waals surface area contributed by atoms with Crippen LogP contribution < -0.4 is 16.2 Å². The molecule has 1 atom stereocenters. The fraction of sp³-hybridized carbons (Fsp3) is 0.125. The normalized spacial score (nSPS) is 11.7. The molecule has 4 N–H and O–H groups in total. The van der Waals surface area contributed by atoms with Crippen LogP contribution in [0.5, 0.6) is 5.75 Å². The standard InChI is InChI=1S/C16H15ClN4O.ClH/c1-9(10-4-2-5-11(17)8-10)22-13-7-3-6-12-14(13)15(18)21-16(19)20-12;/h2-9H,1H3,(H4,18,19,20,21);1H. The summed E-state index contributed by atoms with van der Waals surface area (Å²) in [5, 5.41) is 1.33. The number of nitrogens with zero attached hydrogens (tertiary/aromatic N) is 2. The Bertz CT molecular complexity index is 841. The van der Waals surface area contributed by atoms with Crippen LogP contribution in [0, 0.1) is 0 Å². The van der Waals surface area contributed by atoms with E-state index in [0.29, 0.717) is 27.5 Å². The van der Waals surface area contributed by atoms with Crippen molar-refractivity contribution >= 4 is 46.7 Å². The van der Waals surface area contributed by atoms with Gasteiger partial charge in [-0.15, -0.1) is 12.4 Å². The molecule has 0 aliphatic carbocycles. The van der Waals surface area contributed by atoms with Crippen molar-refractivity contribution in [1.82, 2.24) is 9.97 Å². The van der Waals surface area contributed by atoms with E-state index < -0.39 is 0 Å². The van der Waals surface area contributed by atoms with E-state index in [1.54, 1.807) is 0 Å². The molecule has 23 heavy (non-hydrogen) atoms. The van der Waals surface area contributed by atoms with Crippen LogP contribution in [0.1, 0.15) is 18.6 Å². The predicted molar refractivity (Wildman–Crippen MR) is 96.1 cm³/mol. The van der Waals surface area contributed by atoms with E-state index in [0.717, 1.165) is 5.56 Å². The molecule has 120 valence electrons. The second kappa shape index (κ2) is 6.89. The lowest BCUT2D eigenvalue weighted by molar-refractivity contribution is 0.230. The molecule has 2 aromatic carbocycles. The van der Waals surface area contributed by atoms with Gasteiger partial charge in [0.1, 0.15) is 17.7 Å². The molecule has 1 unspecified atom stereocenters. The number of halogens is 2. The van der Waals surface area contributed by atoms with Crippen LogP contribution in [0.3, 0.4) is 0 Å². The van der Waals surface area contributed by atoms with Gasteiger partial charge in [-0.05, 0) is 36.8 Å². The summed E-state index contributed by atoms with van der Waals surface area (Å²) in [6.07, 6.45) is -0.193. The molecule has 3 rings (SSSR count). The Labute approximate surface area is 145 Å². The molecule has 0 radical (unpaired) electrons. The molecule has 3 aromatic rings. The zero-order valence-electron chi connectivity index (χ0n) is 12.4. The highest BCUT2D eigenvalue weighted by Gasteiger charge is 2.13. The van der Waals surface area contributed by atoms with E-state index in [1.807, 2.05) is 49.4 Å². The van der Waals surface area contributed by atoms with Gasteiger partial charge in [-0.1, -0.05) is 29.8 Å². The number of benzene rings is 2. The van der Waals surface area contributed by atoms with E-state index in [4.69, 9.17) is 27.8 Å². The average molecular weight is 351 g/mol. The van der Waals surface area contributed by atoms with Gasteiger partial charge < -0.3 is 16.2 Å². The minimum absolute atomic E-state index is 0. The largest absolute Gasteiger partial charge is 0.485 e. The van der Waals surface area contributed by atoms with Crippen LogP contribution in [-0.2, 0) is 0 Å². The van der Waals surface area contributed by atoms with Gasteiger partial charge in [-0.25, -0.2) is 4.98 Å². The molecule has 0 saturated carbocycles. The summed E-state index contributed by atoms with van der Waals surface area (Å²) in [5.74, 6) is 1.06. The topological polar surface area (TPSA) is 87.0 Å². The van der Waals surface area contributed by atoms with Crippen LogP contribution in [0.2, 0.25) is 5.02 Å². The maximum absolute atomic E-state index is 6.03. The van der Waals surface area contributed by atoms with E-state index in [1.165, 1.54) is 0 Å². The highest BCUT2D eigenvalue weighted by Crippen LogP contribution is 2.32. The molecule has 0 amide bonds. The van der Waals surface area contributed by atoms with Gasteiger partial charge in [-0.2, -0.15) is 4.98 Å². The van der Waals surface area contributed by atoms with Crippen LogP contribution in [0.15, 0.2) is 42.5 Å². The summed E-state index contributed by atoms with van der Waals surface area (Å²) in [6.45, 7) is 1.94. The molecule has 0 saturated heterocycles. The fourth-order valence-corrected chi connectivity index (χ4v) is 2.51. The number of fused-ring (bicyclic) bond motifs is 1. The molecule has 1 heterocycles. The zero-order chi connectivity index (χ0) is 15.7. The van der Waals surface area contributed by atoms with Crippen LogP contribution in [-0.4, -0.2) is 9.97 Å². The lowest BCUT2D eigenvalue weighted by Crippen LogP contribution is -2.06. The van der Waals surface area contributed by atoms with E-state index in [-0.39, 0.29) is 24.5 Å². The highest BCUT2D eigenvalue weighted by molar-refractivity contribution is 6.30. The smallest absolute Gasteiger partial charge is 0.222 e. The maximum Gasteiger partial charge on any atom is 0.222 e. The SMILES string of the molecule is CC(Oc1cccc2nc(N)nc(N)c12)c1cccc(Cl)c1.Cl. The second-order valence-corrected chi connectivity index (χ2v) is 5.37. The number of nitrogen functional groups attached to an aromatic ring is 2. The monoisotopic (exact) mass is 350 g/mol. The Morgan fingerprint density at radius 3 is 2.57 bits per heavy atom. The molecule has 1 aromatic heterocycles. The molecule has 0 bridgehead atoms. The van der Waals surface area contributed by atoms with Gasteiger partial charge in [0.05, 0.1) is 10.9 Å². The molecule has 0 fully saturated rings. The van der Waals surface area contributed by atoms with Crippen LogP contribution >= 0.6 is 24.0 Å². The van der Waals surface area contributed by atoms with Crippen molar-refractivity contribution in [2.45, 2.75) is 13.0 Å². The Hall–Kier alpha value is -2.24. The third-order valence-electron chi connectivity index (χ3n) is 3.35. The number of nitrogens with two attached hydrogens (primary N) is 2. The summed E-state index contributed by atoms with van der Waals surface area (Å²) < 4.78 is 6.03. The molecule has 0 aliphatic rings. The van der Waals surface area contributed by atoms with E-state index >= 15 is 0 Å². The number of aromatic nitrogens is 2. The minimum atomic E-state index is -0.193. The number of rotatable bonds is 3. The van der Waals surface area contributed by atoms with Gasteiger partial charge in [-0.3, -0.25) is 0 Å². The van der Waals surface area contributed by atoms with Crippen molar-refractivity contribution in [2.75, 3.05) is 11.5 Å². The van der Waals surface area contributed by atoms with Crippen molar-refractivity contribution in [2.24, 2.45) is 0 Å². The maximum atomic E-state index is 6.03. The first-order chi connectivity index (χ1) is 10.5. The van der Waals surface area contributed by atoms with Gasteiger partial charge in [0, 0.05) is 5.02 Å². The number of anilines is 2. The van der Waals surface area contributed by atoms with Gasteiger partial charge >= 0.3 is 0 Å². The molecular formula is C16H16Cl2N4O. The van der Waals surface area contributed by atoms with Crippen molar-refractivity contribution in [1.29, 1.82) is 0 Å². The first-order valence-corrected chi connectivity index (χ1v) is 7.16. The lowest BCUT2D eigenvalue weighted by atomic mass is 10.1. The summed E-state index contributed by atoms with van der Waals surface area (Å²) in [6, 6.07) is 13.0. The van der Waals surface area contributed by atoms with Gasteiger partial charge in [0.25, 0.3) is 0 Å². The summed E-state index contributed by atoms with van der Waals surface area (Å²) in [4.78, 5) is 8.18. The van der Waals surface area contributed by atoms with E-state index in [9.17, 15) is 0 Å². The predicted octanol–water partition coefficient (Wildman–Crippen LogP) is 4.01. The number of ether oxygens (including phenoxy) is 1. The Morgan fingerprint density at radius 1 is 1.09 bits per heavy atom. The van der Waals surface area contributed by atoms with Crippen molar-refractivity contribution in [3.8, 4) is 5.75 Å². The van der Waals surface area contributed by atoms with Crippen molar-refractivity contribution in [3.05, 3.63) is 53.1 Å².